The molecule has 5 nitrogen and oxygen atoms in total. The molecule has 4 rings (SSSR count). The number of amides is 2. The molecule has 27 heavy (non-hydrogen) atoms. The summed E-state index contributed by atoms with van der Waals surface area (Å²) in [5.74, 6) is 1.61. The molecule has 140 valence electrons. The second kappa shape index (κ2) is 7.82. The van der Waals surface area contributed by atoms with Crippen molar-refractivity contribution < 1.29 is 19.1 Å². The maximum absolute atomic E-state index is 12.3. The smallest absolute Gasteiger partial charge is 0.261 e. The van der Waals surface area contributed by atoms with Crippen molar-refractivity contribution >= 4 is 11.8 Å². The van der Waals surface area contributed by atoms with Crippen molar-refractivity contribution in [1.82, 2.24) is 4.90 Å². The summed E-state index contributed by atoms with van der Waals surface area (Å²) < 4.78 is 11.6. The van der Waals surface area contributed by atoms with Gasteiger partial charge in [-0.1, -0.05) is 31.0 Å². The molecular formula is C22H23NO4. The topological polar surface area (TPSA) is 55.8 Å². The van der Waals surface area contributed by atoms with E-state index in [9.17, 15) is 9.59 Å². The van der Waals surface area contributed by atoms with Gasteiger partial charge in [0.1, 0.15) is 18.1 Å². The Morgan fingerprint density at radius 3 is 2.15 bits per heavy atom. The van der Waals surface area contributed by atoms with Crippen LogP contribution in [0.4, 0.5) is 0 Å². The fourth-order valence-electron chi connectivity index (χ4n) is 3.74. The Labute approximate surface area is 158 Å². The zero-order valence-electron chi connectivity index (χ0n) is 15.2. The summed E-state index contributed by atoms with van der Waals surface area (Å²) in [7, 11) is 0. The highest BCUT2D eigenvalue weighted by Crippen LogP contribution is 2.27. The van der Waals surface area contributed by atoms with Crippen molar-refractivity contribution in [1.29, 1.82) is 0 Å². The maximum atomic E-state index is 12.3. The van der Waals surface area contributed by atoms with Gasteiger partial charge in [-0.05, 0) is 43.0 Å². The van der Waals surface area contributed by atoms with Gasteiger partial charge in [0, 0.05) is 6.07 Å². The molecule has 2 amide bonds. The molecule has 1 fully saturated rings. The molecule has 2 aliphatic rings. The third-order valence-electron chi connectivity index (χ3n) is 5.23. The second-order valence-corrected chi connectivity index (χ2v) is 7.09. The highest BCUT2D eigenvalue weighted by atomic mass is 16.5. The van der Waals surface area contributed by atoms with Crippen LogP contribution in [-0.4, -0.2) is 36.5 Å². The summed E-state index contributed by atoms with van der Waals surface area (Å²) in [5, 5.41) is 0. The number of hydrogen-bond donors (Lipinski definition) is 0. The van der Waals surface area contributed by atoms with Gasteiger partial charge in [-0.15, -0.1) is 0 Å². The van der Waals surface area contributed by atoms with Crippen LogP contribution < -0.4 is 9.47 Å². The lowest BCUT2D eigenvalue weighted by atomic mass is 10.1. The average molecular weight is 365 g/mol. The molecule has 0 atom stereocenters. The van der Waals surface area contributed by atoms with E-state index >= 15 is 0 Å². The Morgan fingerprint density at radius 1 is 0.852 bits per heavy atom. The van der Waals surface area contributed by atoms with Crippen LogP contribution in [0.25, 0.3) is 0 Å². The lowest BCUT2D eigenvalue weighted by Gasteiger charge is -2.15. The first-order valence-corrected chi connectivity index (χ1v) is 9.53. The molecule has 1 aliphatic carbocycles. The zero-order chi connectivity index (χ0) is 18.6. The summed E-state index contributed by atoms with van der Waals surface area (Å²) in [6.45, 7) is 1.22. The first-order chi connectivity index (χ1) is 13.2. The predicted octanol–water partition coefficient (Wildman–Crippen LogP) is 3.93. The molecule has 1 heterocycles. The second-order valence-electron chi connectivity index (χ2n) is 7.09. The van der Waals surface area contributed by atoms with Crippen LogP contribution in [0.3, 0.4) is 0 Å². The van der Waals surface area contributed by atoms with Crippen LogP contribution in [0.2, 0.25) is 0 Å². The molecule has 0 N–H and O–H groups in total. The molecule has 5 heteroatoms. The number of carbonyl (C=O) groups excluding carboxylic acids is 2. The number of nitrogens with zero attached hydrogens (tertiary/aromatic N) is 1. The zero-order valence-corrected chi connectivity index (χ0v) is 15.2. The van der Waals surface area contributed by atoms with E-state index in [0.717, 1.165) is 12.4 Å². The van der Waals surface area contributed by atoms with Crippen molar-refractivity contribution in [2.24, 2.45) is 5.92 Å². The number of imide groups is 1. The molecular weight excluding hydrogens is 342 g/mol. The summed E-state index contributed by atoms with van der Waals surface area (Å²) in [6, 6.07) is 14.4. The Kier molecular flexibility index (Phi) is 5.10. The van der Waals surface area contributed by atoms with E-state index in [2.05, 4.69) is 0 Å². The average Bonchev–Trinajstić information content (AvgIpc) is 3.30. The monoisotopic (exact) mass is 365 g/mol. The molecule has 0 radical (unpaired) electrons. The SMILES string of the molecule is O=C1c2ccccc2C(=O)N1CCOc1cccc(OCC2CCCC2)c1. The molecule has 0 bridgehead atoms. The maximum Gasteiger partial charge on any atom is 0.261 e. The number of carbonyl (C=O) groups is 2. The minimum absolute atomic E-state index is 0.222. The summed E-state index contributed by atoms with van der Waals surface area (Å²) >= 11 is 0. The highest BCUT2D eigenvalue weighted by Gasteiger charge is 2.34. The van der Waals surface area contributed by atoms with Crippen LogP contribution >= 0.6 is 0 Å². The molecule has 0 spiro atoms. The molecule has 1 saturated carbocycles. The van der Waals surface area contributed by atoms with Crippen LogP contribution in [0.1, 0.15) is 46.4 Å². The Balaban J connectivity index is 1.30. The van der Waals surface area contributed by atoms with Gasteiger partial charge >= 0.3 is 0 Å². The normalized spacial score (nSPS) is 16.7. The fraction of sp³-hybridized carbons (Fsp3) is 0.364. The molecule has 2 aromatic rings. The summed E-state index contributed by atoms with van der Waals surface area (Å²) in [4.78, 5) is 25.9. The van der Waals surface area contributed by atoms with E-state index < -0.39 is 0 Å². The van der Waals surface area contributed by atoms with Gasteiger partial charge in [0.05, 0.1) is 24.3 Å². The molecule has 0 unspecified atom stereocenters. The first kappa shape index (κ1) is 17.6. The molecule has 0 aromatic heterocycles. The largest absolute Gasteiger partial charge is 0.493 e. The standard InChI is InChI=1S/C22H23NO4/c24-21-19-10-3-4-11-20(19)22(25)23(21)12-13-26-17-8-5-9-18(14-17)27-15-16-6-1-2-7-16/h3-5,8-11,14,16H,1-2,6-7,12-13,15H2. The van der Waals surface area contributed by atoms with Crippen LogP contribution in [0.15, 0.2) is 48.5 Å². The number of fused-ring (bicyclic) bond motifs is 1. The molecule has 1 aliphatic heterocycles. The van der Waals surface area contributed by atoms with Gasteiger partial charge in [0.15, 0.2) is 0 Å². The van der Waals surface area contributed by atoms with Crippen molar-refractivity contribution in [2.45, 2.75) is 25.7 Å². The van der Waals surface area contributed by atoms with Gasteiger partial charge < -0.3 is 9.47 Å². The number of rotatable bonds is 7. The minimum atomic E-state index is -0.257. The van der Waals surface area contributed by atoms with Gasteiger partial charge in [-0.25, -0.2) is 0 Å². The highest BCUT2D eigenvalue weighted by molar-refractivity contribution is 6.21. The van der Waals surface area contributed by atoms with Gasteiger partial charge in [0.2, 0.25) is 0 Å². The van der Waals surface area contributed by atoms with E-state index in [1.807, 2.05) is 24.3 Å². The first-order valence-electron chi connectivity index (χ1n) is 9.53. The van der Waals surface area contributed by atoms with Crippen LogP contribution in [0, 0.1) is 5.92 Å². The predicted molar refractivity (Wildman–Crippen MR) is 101 cm³/mol. The van der Waals surface area contributed by atoms with Crippen molar-refractivity contribution in [2.75, 3.05) is 19.8 Å². The van der Waals surface area contributed by atoms with E-state index in [-0.39, 0.29) is 25.0 Å². The lowest BCUT2D eigenvalue weighted by molar-refractivity contribution is 0.0631. The van der Waals surface area contributed by atoms with Crippen LogP contribution in [0.5, 0.6) is 11.5 Å². The van der Waals surface area contributed by atoms with Crippen molar-refractivity contribution in [3.05, 3.63) is 59.7 Å². The van der Waals surface area contributed by atoms with Gasteiger partial charge in [-0.3, -0.25) is 14.5 Å². The minimum Gasteiger partial charge on any atom is -0.493 e. The van der Waals surface area contributed by atoms with Gasteiger partial charge in [0.25, 0.3) is 11.8 Å². The summed E-state index contributed by atoms with van der Waals surface area (Å²) in [5.41, 5.74) is 0.926. The van der Waals surface area contributed by atoms with E-state index in [1.165, 1.54) is 30.6 Å². The van der Waals surface area contributed by atoms with Crippen molar-refractivity contribution in [3.63, 3.8) is 0 Å². The Morgan fingerprint density at radius 2 is 1.48 bits per heavy atom. The van der Waals surface area contributed by atoms with E-state index in [1.54, 1.807) is 24.3 Å². The van der Waals surface area contributed by atoms with E-state index in [0.29, 0.717) is 22.8 Å². The molecule has 0 saturated heterocycles. The van der Waals surface area contributed by atoms with E-state index in [4.69, 9.17) is 9.47 Å². The molecule has 2 aromatic carbocycles. The summed E-state index contributed by atoms with van der Waals surface area (Å²) in [6.07, 6.45) is 5.09. The number of ether oxygens (including phenoxy) is 2. The Hall–Kier alpha value is -2.82. The van der Waals surface area contributed by atoms with Gasteiger partial charge in [-0.2, -0.15) is 0 Å². The third-order valence-corrected chi connectivity index (χ3v) is 5.23. The quantitative estimate of drug-likeness (QED) is 0.698. The van der Waals surface area contributed by atoms with Crippen molar-refractivity contribution in [3.8, 4) is 11.5 Å². The fourth-order valence-corrected chi connectivity index (χ4v) is 3.74. The van der Waals surface area contributed by atoms with Crippen LogP contribution in [-0.2, 0) is 0 Å². The number of benzene rings is 2. The third kappa shape index (κ3) is 3.82. The number of hydrogen-bond acceptors (Lipinski definition) is 4. The lowest BCUT2D eigenvalue weighted by Crippen LogP contribution is -2.33. The Bertz CT molecular complexity index is 807.